The molecule has 17 heavy (non-hydrogen) atoms. The summed E-state index contributed by atoms with van der Waals surface area (Å²) in [6.07, 6.45) is 1.73. The van der Waals surface area contributed by atoms with Gasteiger partial charge in [0.25, 0.3) is 0 Å². The Labute approximate surface area is 108 Å². The molecule has 1 aromatic heterocycles. The molecule has 0 fully saturated rings. The second-order valence-electron chi connectivity index (χ2n) is 3.60. The maximum absolute atomic E-state index is 9.06. The van der Waals surface area contributed by atoms with E-state index in [1.165, 1.54) is 0 Å². The van der Waals surface area contributed by atoms with Crippen molar-refractivity contribution in [3.8, 4) is 11.5 Å². The molecule has 1 N–H and O–H groups in total. The molecule has 0 aliphatic heterocycles. The highest BCUT2D eigenvalue weighted by Crippen LogP contribution is 2.28. The number of aryl methyl sites for hydroxylation is 1. The van der Waals surface area contributed by atoms with E-state index in [-0.39, 0.29) is 6.61 Å². The molecule has 1 aromatic carbocycles. The summed E-state index contributed by atoms with van der Waals surface area (Å²) in [5.74, 6) is 1.45. The zero-order valence-electron chi connectivity index (χ0n) is 9.35. The van der Waals surface area contributed by atoms with Gasteiger partial charge in [-0.05, 0) is 36.8 Å². The number of nitrogens with zero attached hydrogens (tertiary/aromatic N) is 1. The second-order valence-corrected chi connectivity index (χ2v) is 4.45. The van der Waals surface area contributed by atoms with Gasteiger partial charge in [-0.1, -0.05) is 22.0 Å². The highest BCUT2D eigenvalue weighted by molar-refractivity contribution is 9.10. The fourth-order valence-corrected chi connectivity index (χ4v) is 1.91. The SMILES string of the molecule is Cc1ncccc1Oc1ccc(CO)c(Br)c1. The summed E-state index contributed by atoms with van der Waals surface area (Å²) < 4.78 is 6.55. The van der Waals surface area contributed by atoms with E-state index < -0.39 is 0 Å². The first-order valence-corrected chi connectivity index (χ1v) is 5.99. The average Bonchev–Trinajstić information content (AvgIpc) is 2.32. The van der Waals surface area contributed by atoms with Crippen molar-refractivity contribution >= 4 is 15.9 Å². The number of aliphatic hydroxyl groups excluding tert-OH is 1. The number of rotatable bonds is 3. The molecule has 88 valence electrons. The lowest BCUT2D eigenvalue weighted by Crippen LogP contribution is -1.91. The molecule has 2 aromatic rings. The van der Waals surface area contributed by atoms with Crippen LogP contribution in [-0.4, -0.2) is 10.1 Å². The number of pyridine rings is 1. The Morgan fingerprint density at radius 1 is 1.35 bits per heavy atom. The molecular weight excluding hydrogens is 282 g/mol. The molecule has 0 unspecified atom stereocenters. The molecule has 0 aliphatic carbocycles. The van der Waals surface area contributed by atoms with Crippen molar-refractivity contribution in [1.29, 1.82) is 0 Å². The summed E-state index contributed by atoms with van der Waals surface area (Å²) in [5.41, 5.74) is 1.68. The van der Waals surface area contributed by atoms with Crippen LogP contribution >= 0.6 is 15.9 Å². The van der Waals surface area contributed by atoms with E-state index >= 15 is 0 Å². The van der Waals surface area contributed by atoms with E-state index in [1.54, 1.807) is 6.20 Å². The van der Waals surface area contributed by atoms with Gasteiger partial charge in [0.05, 0.1) is 12.3 Å². The summed E-state index contributed by atoms with van der Waals surface area (Å²) in [6, 6.07) is 9.18. The van der Waals surface area contributed by atoms with Crippen LogP contribution in [0.15, 0.2) is 41.0 Å². The van der Waals surface area contributed by atoms with Crippen molar-refractivity contribution < 1.29 is 9.84 Å². The first-order valence-electron chi connectivity index (χ1n) is 5.19. The van der Waals surface area contributed by atoms with Crippen molar-refractivity contribution in [2.45, 2.75) is 13.5 Å². The predicted molar refractivity (Wildman–Crippen MR) is 69.1 cm³/mol. The highest BCUT2D eigenvalue weighted by Gasteiger charge is 2.04. The number of ether oxygens (including phenoxy) is 1. The zero-order valence-corrected chi connectivity index (χ0v) is 10.9. The minimum absolute atomic E-state index is 0.00673. The standard InChI is InChI=1S/C13H12BrNO2/c1-9-13(3-2-6-15-9)17-11-5-4-10(8-16)12(14)7-11/h2-7,16H,8H2,1H3. The molecule has 0 amide bonds. The molecule has 0 bridgehead atoms. The van der Waals surface area contributed by atoms with E-state index in [4.69, 9.17) is 9.84 Å². The van der Waals surface area contributed by atoms with E-state index in [0.717, 1.165) is 21.5 Å². The second kappa shape index (κ2) is 5.29. The smallest absolute Gasteiger partial charge is 0.148 e. The molecule has 0 radical (unpaired) electrons. The van der Waals surface area contributed by atoms with Crippen molar-refractivity contribution in [2.24, 2.45) is 0 Å². The van der Waals surface area contributed by atoms with Crippen LogP contribution in [0.4, 0.5) is 0 Å². The Bertz CT molecular complexity index is 529. The number of aliphatic hydroxyl groups is 1. The Hall–Kier alpha value is -1.39. The predicted octanol–water partition coefficient (Wildman–Crippen LogP) is 3.44. The van der Waals surface area contributed by atoms with E-state index in [9.17, 15) is 0 Å². The van der Waals surface area contributed by atoms with Gasteiger partial charge < -0.3 is 9.84 Å². The third-order valence-electron chi connectivity index (χ3n) is 2.38. The van der Waals surface area contributed by atoms with Gasteiger partial charge >= 0.3 is 0 Å². The van der Waals surface area contributed by atoms with Crippen LogP contribution in [0, 0.1) is 6.92 Å². The van der Waals surface area contributed by atoms with Gasteiger partial charge in [-0.25, -0.2) is 0 Å². The number of hydrogen-bond donors (Lipinski definition) is 1. The third kappa shape index (κ3) is 2.84. The molecule has 0 atom stereocenters. The minimum atomic E-state index is 0.00673. The fraction of sp³-hybridized carbons (Fsp3) is 0.154. The van der Waals surface area contributed by atoms with Crippen LogP contribution in [0.5, 0.6) is 11.5 Å². The molecule has 0 saturated heterocycles. The summed E-state index contributed by atoms with van der Waals surface area (Å²) in [5, 5.41) is 9.06. The molecule has 2 rings (SSSR count). The summed E-state index contributed by atoms with van der Waals surface area (Å²) in [4.78, 5) is 4.15. The number of aromatic nitrogens is 1. The molecule has 1 heterocycles. The van der Waals surface area contributed by atoms with Gasteiger partial charge in [0.2, 0.25) is 0 Å². The Morgan fingerprint density at radius 3 is 2.82 bits per heavy atom. The molecule has 0 saturated carbocycles. The highest BCUT2D eigenvalue weighted by atomic mass is 79.9. The molecular formula is C13H12BrNO2. The van der Waals surface area contributed by atoms with Crippen molar-refractivity contribution in [3.05, 3.63) is 52.3 Å². The topological polar surface area (TPSA) is 42.4 Å². The third-order valence-corrected chi connectivity index (χ3v) is 3.12. The largest absolute Gasteiger partial charge is 0.455 e. The molecule has 0 aliphatic rings. The molecule has 3 nitrogen and oxygen atoms in total. The number of benzene rings is 1. The van der Waals surface area contributed by atoms with Crippen molar-refractivity contribution in [1.82, 2.24) is 4.98 Å². The van der Waals surface area contributed by atoms with Gasteiger partial charge in [-0.3, -0.25) is 4.98 Å². The van der Waals surface area contributed by atoms with Gasteiger partial charge in [-0.15, -0.1) is 0 Å². The lowest BCUT2D eigenvalue weighted by Gasteiger charge is -2.09. The van der Waals surface area contributed by atoms with E-state index in [2.05, 4.69) is 20.9 Å². The van der Waals surface area contributed by atoms with Gasteiger partial charge in [0.1, 0.15) is 11.5 Å². The molecule has 4 heteroatoms. The number of halogens is 1. The zero-order chi connectivity index (χ0) is 12.3. The first-order chi connectivity index (χ1) is 8.20. The van der Waals surface area contributed by atoms with E-state index in [0.29, 0.717) is 5.75 Å². The van der Waals surface area contributed by atoms with Crippen LogP contribution in [0.2, 0.25) is 0 Å². The van der Waals surface area contributed by atoms with Gasteiger partial charge in [0.15, 0.2) is 0 Å². The lowest BCUT2D eigenvalue weighted by atomic mass is 10.2. The van der Waals surface area contributed by atoms with Crippen LogP contribution < -0.4 is 4.74 Å². The summed E-state index contributed by atoms with van der Waals surface area (Å²) in [6.45, 7) is 1.90. The Kier molecular flexibility index (Phi) is 3.76. The Morgan fingerprint density at radius 2 is 2.18 bits per heavy atom. The average molecular weight is 294 g/mol. The van der Waals surface area contributed by atoms with Gasteiger partial charge in [-0.2, -0.15) is 0 Å². The maximum atomic E-state index is 9.06. The normalized spacial score (nSPS) is 10.3. The first kappa shape index (κ1) is 12.1. The fourth-order valence-electron chi connectivity index (χ4n) is 1.42. The van der Waals surface area contributed by atoms with Crippen LogP contribution in [0.1, 0.15) is 11.3 Å². The number of hydrogen-bond acceptors (Lipinski definition) is 3. The van der Waals surface area contributed by atoms with Crippen LogP contribution in [0.25, 0.3) is 0 Å². The van der Waals surface area contributed by atoms with Crippen molar-refractivity contribution in [2.75, 3.05) is 0 Å². The van der Waals surface area contributed by atoms with Crippen LogP contribution in [0.3, 0.4) is 0 Å². The monoisotopic (exact) mass is 293 g/mol. The lowest BCUT2D eigenvalue weighted by molar-refractivity contribution is 0.281. The quantitative estimate of drug-likeness (QED) is 0.943. The van der Waals surface area contributed by atoms with Crippen LogP contribution in [-0.2, 0) is 6.61 Å². The summed E-state index contributed by atoms with van der Waals surface area (Å²) >= 11 is 3.38. The van der Waals surface area contributed by atoms with Gasteiger partial charge in [0, 0.05) is 10.7 Å². The summed E-state index contributed by atoms with van der Waals surface area (Å²) in [7, 11) is 0. The van der Waals surface area contributed by atoms with Crippen molar-refractivity contribution in [3.63, 3.8) is 0 Å². The van der Waals surface area contributed by atoms with E-state index in [1.807, 2.05) is 37.3 Å². The molecule has 0 spiro atoms. The minimum Gasteiger partial charge on any atom is -0.455 e. The maximum Gasteiger partial charge on any atom is 0.148 e. The Balaban J connectivity index is 2.25.